The van der Waals surface area contributed by atoms with Gasteiger partial charge in [-0.1, -0.05) is 13.5 Å². The first-order chi connectivity index (χ1) is 6.07. The first-order valence-electron chi connectivity index (χ1n) is 4.73. The van der Waals surface area contributed by atoms with Gasteiger partial charge in [-0.2, -0.15) is 0 Å². The van der Waals surface area contributed by atoms with Crippen molar-refractivity contribution in [2.75, 3.05) is 13.2 Å². The van der Waals surface area contributed by atoms with Crippen LogP contribution < -0.4 is 5.32 Å². The maximum atomic E-state index is 10.9. The van der Waals surface area contributed by atoms with Crippen molar-refractivity contribution in [1.82, 2.24) is 0 Å². The summed E-state index contributed by atoms with van der Waals surface area (Å²) in [5.74, 6) is -0.294. The molecule has 0 bridgehead atoms. The molecule has 0 radical (unpaired) electrons. The maximum Gasteiger partial charge on any atom is 0.333 e. The van der Waals surface area contributed by atoms with E-state index in [0.29, 0.717) is 18.2 Å². The molecule has 0 aromatic heterocycles. The summed E-state index contributed by atoms with van der Waals surface area (Å²) in [6.07, 6.45) is 1.13. The van der Waals surface area contributed by atoms with Gasteiger partial charge in [0, 0.05) is 5.57 Å². The molecule has 0 aliphatic rings. The van der Waals surface area contributed by atoms with Crippen LogP contribution in [0.15, 0.2) is 12.2 Å². The Morgan fingerprint density at radius 2 is 2.23 bits per heavy atom. The standard InChI is InChI=1S/C10H19NO2/c1-5-9(4)11-6-7-13-10(12)8(2)3/h9,11H,2,5-7H2,1,3-4H3/p+1. The summed E-state index contributed by atoms with van der Waals surface area (Å²) in [5.41, 5.74) is 0.462. The molecule has 0 saturated carbocycles. The van der Waals surface area contributed by atoms with Crippen LogP contribution in [0.2, 0.25) is 0 Å². The summed E-state index contributed by atoms with van der Waals surface area (Å²) in [4.78, 5) is 10.9. The maximum absolute atomic E-state index is 10.9. The molecule has 0 spiro atoms. The zero-order valence-corrected chi connectivity index (χ0v) is 8.80. The van der Waals surface area contributed by atoms with Crippen LogP contribution in [0.3, 0.4) is 0 Å². The van der Waals surface area contributed by atoms with Gasteiger partial charge in [0.15, 0.2) is 0 Å². The first-order valence-corrected chi connectivity index (χ1v) is 4.73. The Hall–Kier alpha value is -0.830. The Morgan fingerprint density at radius 3 is 2.69 bits per heavy atom. The molecule has 0 aromatic rings. The lowest BCUT2D eigenvalue weighted by Crippen LogP contribution is -2.90. The molecule has 0 aliphatic carbocycles. The second-order valence-electron chi connectivity index (χ2n) is 3.33. The Balaban J connectivity index is 3.36. The minimum atomic E-state index is -0.294. The van der Waals surface area contributed by atoms with Gasteiger partial charge in [0.1, 0.15) is 13.2 Å². The molecule has 0 aliphatic heterocycles. The van der Waals surface area contributed by atoms with Gasteiger partial charge in [-0.3, -0.25) is 0 Å². The van der Waals surface area contributed by atoms with Gasteiger partial charge in [-0.25, -0.2) is 4.79 Å². The molecule has 0 heterocycles. The number of quaternary nitrogens is 1. The van der Waals surface area contributed by atoms with Crippen molar-refractivity contribution in [3.05, 3.63) is 12.2 Å². The number of carbonyl (C=O) groups excluding carboxylic acids is 1. The van der Waals surface area contributed by atoms with Crippen LogP contribution in [-0.2, 0) is 9.53 Å². The van der Waals surface area contributed by atoms with Crippen molar-refractivity contribution < 1.29 is 14.8 Å². The van der Waals surface area contributed by atoms with Gasteiger partial charge in [0.25, 0.3) is 0 Å². The largest absolute Gasteiger partial charge is 0.456 e. The predicted molar refractivity (Wildman–Crippen MR) is 52.3 cm³/mol. The molecule has 0 saturated heterocycles. The van der Waals surface area contributed by atoms with Crippen molar-refractivity contribution in [2.45, 2.75) is 33.2 Å². The second-order valence-corrected chi connectivity index (χ2v) is 3.33. The molecule has 13 heavy (non-hydrogen) atoms. The van der Waals surface area contributed by atoms with E-state index in [1.54, 1.807) is 6.92 Å². The van der Waals surface area contributed by atoms with Gasteiger partial charge in [-0.05, 0) is 20.3 Å². The van der Waals surface area contributed by atoms with Crippen molar-refractivity contribution in [3.8, 4) is 0 Å². The average molecular weight is 186 g/mol. The van der Waals surface area contributed by atoms with E-state index in [-0.39, 0.29) is 5.97 Å². The highest BCUT2D eigenvalue weighted by Crippen LogP contribution is 1.89. The fourth-order valence-corrected chi connectivity index (χ4v) is 0.794. The fraction of sp³-hybridized carbons (Fsp3) is 0.700. The van der Waals surface area contributed by atoms with Crippen LogP contribution in [0.4, 0.5) is 0 Å². The third kappa shape index (κ3) is 6.34. The fourth-order valence-electron chi connectivity index (χ4n) is 0.794. The normalized spacial score (nSPS) is 12.2. The Bertz CT molecular complexity index is 178. The van der Waals surface area contributed by atoms with Gasteiger partial charge in [0.2, 0.25) is 0 Å². The monoisotopic (exact) mass is 186 g/mol. The lowest BCUT2D eigenvalue weighted by molar-refractivity contribution is -0.687. The third-order valence-corrected chi connectivity index (χ3v) is 1.91. The third-order valence-electron chi connectivity index (χ3n) is 1.91. The van der Waals surface area contributed by atoms with Crippen LogP contribution in [0, 0.1) is 0 Å². The van der Waals surface area contributed by atoms with Crippen molar-refractivity contribution in [2.24, 2.45) is 0 Å². The molecular formula is C10H20NO2+. The Morgan fingerprint density at radius 1 is 1.62 bits per heavy atom. The Labute approximate surface area is 80.2 Å². The summed E-state index contributed by atoms with van der Waals surface area (Å²) >= 11 is 0. The van der Waals surface area contributed by atoms with Crippen LogP contribution in [0.5, 0.6) is 0 Å². The van der Waals surface area contributed by atoms with E-state index >= 15 is 0 Å². The molecule has 76 valence electrons. The van der Waals surface area contributed by atoms with Crippen LogP contribution in [0.1, 0.15) is 27.2 Å². The molecule has 1 atom stereocenters. The van der Waals surface area contributed by atoms with Crippen molar-refractivity contribution >= 4 is 5.97 Å². The Kier molecular flexibility index (Phi) is 6.24. The van der Waals surface area contributed by atoms with Gasteiger partial charge in [-0.15, -0.1) is 0 Å². The van der Waals surface area contributed by atoms with E-state index in [0.717, 1.165) is 13.0 Å². The predicted octanol–water partition coefficient (Wildman–Crippen LogP) is 0.468. The van der Waals surface area contributed by atoms with E-state index in [2.05, 4.69) is 25.7 Å². The smallest absolute Gasteiger partial charge is 0.333 e. The number of rotatable bonds is 6. The lowest BCUT2D eigenvalue weighted by atomic mass is 10.3. The number of hydrogen-bond donors (Lipinski definition) is 1. The molecule has 2 N–H and O–H groups in total. The quantitative estimate of drug-likeness (QED) is 0.372. The summed E-state index contributed by atoms with van der Waals surface area (Å²) in [7, 11) is 0. The zero-order chi connectivity index (χ0) is 10.3. The van der Waals surface area contributed by atoms with E-state index in [4.69, 9.17) is 4.74 Å². The lowest BCUT2D eigenvalue weighted by Gasteiger charge is -2.08. The molecule has 1 unspecified atom stereocenters. The highest BCUT2D eigenvalue weighted by molar-refractivity contribution is 5.86. The molecule has 0 amide bonds. The van der Waals surface area contributed by atoms with E-state index in [1.165, 1.54) is 0 Å². The summed E-state index contributed by atoms with van der Waals surface area (Å²) in [6, 6.07) is 0.600. The van der Waals surface area contributed by atoms with E-state index in [9.17, 15) is 4.79 Å². The summed E-state index contributed by atoms with van der Waals surface area (Å²) in [6.45, 7) is 10.7. The van der Waals surface area contributed by atoms with E-state index < -0.39 is 0 Å². The highest BCUT2D eigenvalue weighted by atomic mass is 16.5. The number of ether oxygens (including phenoxy) is 1. The van der Waals surface area contributed by atoms with Crippen LogP contribution in [-0.4, -0.2) is 25.2 Å². The molecule has 3 heteroatoms. The highest BCUT2D eigenvalue weighted by Gasteiger charge is 2.04. The average Bonchev–Trinajstić information content (AvgIpc) is 2.11. The number of nitrogens with two attached hydrogens (primary N) is 1. The van der Waals surface area contributed by atoms with Gasteiger partial charge < -0.3 is 10.1 Å². The molecule has 0 rings (SSSR count). The first kappa shape index (κ1) is 12.2. The summed E-state index contributed by atoms with van der Waals surface area (Å²) in [5, 5.41) is 2.17. The molecule has 3 nitrogen and oxygen atoms in total. The topological polar surface area (TPSA) is 42.9 Å². The second kappa shape index (κ2) is 6.66. The molecule has 0 fully saturated rings. The van der Waals surface area contributed by atoms with Gasteiger partial charge >= 0.3 is 5.97 Å². The van der Waals surface area contributed by atoms with E-state index in [1.807, 2.05) is 0 Å². The van der Waals surface area contributed by atoms with Crippen molar-refractivity contribution in [1.29, 1.82) is 0 Å². The number of carbonyl (C=O) groups is 1. The van der Waals surface area contributed by atoms with Crippen LogP contribution in [0.25, 0.3) is 0 Å². The number of esters is 1. The SMILES string of the molecule is C=C(C)C(=O)OCC[NH2+]C(C)CC. The van der Waals surface area contributed by atoms with Crippen LogP contribution >= 0.6 is 0 Å². The van der Waals surface area contributed by atoms with Gasteiger partial charge in [0.05, 0.1) is 6.04 Å². The summed E-state index contributed by atoms with van der Waals surface area (Å²) < 4.78 is 4.93. The molecular weight excluding hydrogens is 166 g/mol. The minimum Gasteiger partial charge on any atom is -0.456 e. The zero-order valence-electron chi connectivity index (χ0n) is 8.80. The minimum absolute atomic E-state index is 0.294. The van der Waals surface area contributed by atoms with Crippen molar-refractivity contribution in [3.63, 3.8) is 0 Å². The molecule has 0 aromatic carbocycles. The number of hydrogen-bond acceptors (Lipinski definition) is 2.